The lowest BCUT2D eigenvalue weighted by Crippen LogP contribution is -2.46. The Labute approximate surface area is 131 Å². The zero-order valence-corrected chi connectivity index (χ0v) is 13.7. The van der Waals surface area contributed by atoms with E-state index in [0.717, 1.165) is 18.7 Å². The molecule has 1 saturated heterocycles. The van der Waals surface area contributed by atoms with Gasteiger partial charge in [-0.3, -0.25) is 4.79 Å². The zero-order chi connectivity index (χ0) is 15.4. The summed E-state index contributed by atoms with van der Waals surface area (Å²) in [6, 6.07) is 3.59. The van der Waals surface area contributed by atoms with Crippen molar-refractivity contribution < 1.29 is 9.53 Å². The van der Waals surface area contributed by atoms with Crippen molar-refractivity contribution in [3.63, 3.8) is 0 Å². The second kappa shape index (κ2) is 7.14. The molecule has 1 aromatic carbocycles. The molecule has 0 radical (unpaired) electrons. The number of piperazine rings is 1. The highest BCUT2D eigenvalue weighted by Crippen LogP contribution is 2.28. The number of nitrogens with one attached hydrogen (secondary N) is 1. The molecular formula is C16H23ClN2O2. The minimum atomic E-state index is -0.00263. The Morgan fingerprint density at radius 1 is 1.38 bits per heavy atom. The van der Waals surface area contributed by atoms with Gasteiger partial charge >= 0.3 is 0 Å². The van der Waals surface area contributed by atoms with Crippen LogP contribution < -0.4 is 10.1 Å². The predicted octanol–water partition coefficient (Wildman–Crippen LogP) is 2.73. The molecule has 0 spiro atoms. The summed E-state index contributed by atoms with van der Waals surface area (Å²) in [5.41, 5.74) is 1.49. The van der Waals surface area contributed by atoms with Crippen molar-refractivity contribution in [3.8, 4) is 5.75 Å². The van der Waals surface area contributed by atoms with E-state index in [-0.39, 0.29) is 5.91 Å². The molecule has 1 N–H and O–H groups in total. The fourth-order valence-electron chi connectivity index (χ4n) is 2.24. The van der Waals surface area contributed by atoms with Crippen molar-refractivity contribution in [3.05, 3.63) is 28.3 Å². The van der Waals surface area contributed by atoms with Gasteiger partial charge < -0.3 is 15.0 Å². The third-order valence-corrected chi connectivity index (χ3v) is 3.87. The molecule has 0 aromatic heterocycles. The van der Waals surface area contributed by atoms with Crippen LogP contribution in [0.5, 0.6) is 5.75 Å². The van der Waals surface area contributed by atoms with E-state index in [1.54, 1.807) is 6.07 Å². The monoisotopic (exact) mass is 310 g/mol. The van der Waals surface area contributed by atoms with Crippen LogP contribution >= 0.6 is 11.6 Å². The van der Waals surface area contributed by atoms with Crippen LogP contribution in [0.4, 0.5) is 0 Å². The fourth-order valence-corrected chi connectivity index (χ4v) is 2.40. The van der Waals surface area contributed by atoms with Crippen molar-refractivity contribution >= 4 is 17.5 Å². The molecule has 0 unspecified atom stereocenters. The molecule has 0 aliphatic carbocycles. The van der Waals surface area contributed by atoms with E-state index in [9.17, 15) is 4.79 Å². The largest absolute Gasteiger partial charge is 0.492 e. The van der Waals surface area contributed by atoms with Crippen LogP contribution in [-0.4, -0.2) is 43.6 Å². The van der Waals surface area contributed by atoms with Crippen LogP contribution in [-0.2, 0) is 0 Å². The third kappa shape index (κ3) is 4.11. The number of nitrogens with zero attached hydrogens (tertiary/aromatic N) is 1. The highest BCUT2D eigenvalue weighted by molar-refractivity contribution is 6.31. The molecule has 1 amide bonds. The topological polar surface area (TPSA) is 41.6 Å². The van der Waals surface area contributed by atoms with Crippen molar-refractivity contribution in [2.45, 2.75) is 20.8 Å². The molecule has 5 heteroatoms. The minimum Gasteiger partial charge on any atom is -0.492 e. The molecule has 2 rings (SSSR count). The molecule has 1 aliphatic heterocycles. The van der Waals surface area contributed by atoms with Gasteiger partial charge in [-0.1, -0.05) is 25.4 Å². The van der Waals surface area contributed by atoms with Crippen LogP contribution in [0.1, 0.15) is 29.8 Å². The lowest BCUT2D eigenvalue weighted by atomic mass is 10.1. The summed E-state index contributed by atoms with van der Waals surface area (Å²) >= 11 is 6.19. The first-order valence-electron chi connectivity index (χ1n) is 7.42. The lowest BCUT2D eigenvalue weighted by Gasteiger charge is -2.28. The number of rotatable bonds is 4. The Kier molecular flexibility index (Phi) is 5.48. The molecule has 21 heavy (non-hydrogen) atoms. The number of benzene rings is 1. The van der Waals surface area contributed by atoms with Crippen LogP contribution in [0.3, 0.4) is 0 Å². The summed E-state index contributed by atoms with van der Waals surface area (Å²) in [7, 11) is 0. The molecule has 0 saturated carbocycles. The number of carbonyl (C=O) groups excluding carboxylic acids is 1. The van der Waals surface area contributed by atoms with Crippen LogP contribution in [0.15, 0.2) is 12.1 Å². The minimum absolute atomic E-state index is 0.00263. The molecule has 0 bridgehead atoms. The highest BCUT2D eigenvalue weighted by Gasteiger charge is 2.22. The number of ether oxygens (including phenoxy) is 1. The Balaban J connectivity index is 2.26. The van der Waals surface area contributed by atoms with Crippen LogP contribution in [0.25, 0.3) is 0 Å². The fraction of sp³-hybridized carbons (Fsp3) is 0.562. The first-order valence-corrected chi connectivity index (χ1v) is 7.79. The smallest absolute Gasteiger partial charge is 0.257 e. The van der Waals surface area contributed by atoms with E-state index in [1.807, 2.05) is 17.9 Å². The van der Waals surface area contributed by atoms with E-state index >= 15 is 0 Å². The molecule has 0 atom stereocenters. The first kappa shape index (κ1) is 16.1. The maximum atomic E-state index is 12.7. The van der Waals surface area contributed by atoms with Gasteiger partial charge in [0, 0.05) is 31.2 Å². The number of halogens is 1. The Morgan fingerprint density at radius 2 is 2.05 bits per heavy atom. The summed E-state index contributed by atoms with van der Waals surface area (Å²) in [4.78, 5) is 14.5. The van der Waals surface area contributed by atoms with Gasteiger partial charge in [0.05, 0.1) is 12.2 Å². The van der Waals surface area contributed by atoms with Crippen molar-refractivity contribution in [1.29, 1.82) is 0 Å². The van der Waals surface area contributed by atoms with Crippen LogP contribution in [0, 0.1) is 12.8 Å². The molecule has 1 fully saturated rings. The highest BCUT2D eigenvalue weighted by atomic mass is 35.5. The van der Waals surface area contributed by atoms with Crippen molar-refractivity contribution in [2.75, 3.05) is 32.8 Å². The van der Waals surface area contributed by atoms with Gasteiger partial charge in [0.15, 0.2) is 0 Å². The van der Waals surface area contributed by atoms with Gasteiger partial charge in [-0.15, -0.1) is 0 Å². The molecule has 1 aliphatic rings. The lowest BCUT2D eigenvalue weighted by molar-refractivity contribution is 0.0730. The Morgan fingerprint density at radius 3 is 2.67 bits per heavy atom. The Hall–Kier alpha value is -1.26. The quantitative estimate of drug-likeness (QED) is 0.929. The van der Waals surface area contributed by atoms with E-state index < -0.39 is 0 Å². The summed E-state index contributed by atoms with van der Waals surface area (Å²) in [5, 5.41) is 3.85. The third-order valence-electron chi connectivity index (χ3n) is 3.47. The standard InChI is InChI=1S/C16H23ClN2O2/c1-11(2)10-21-15-8-12(3)14(17)9-13(15)16(20)19-6-4-18-5-7-19/h8-9,11,18H,4-7,10H2,1-3H3. The van der Waals surface area contributed by atoms with E-state index in [1.165, 1.54) is 0 Å². The molecule has 4 nitrogen and oxygen atoms in total. The Bertz CT molecular complexity index is 511. The molecule has 1 aromatic rings. The number of hydrogen-bond acceptors (Lipinski definition) is 3. The summed E-state index contributed by atoms with van der Waals surface area (Å²) in [5.74, 6) is 1.04. The average molecular weight is 311 g/mol. The predicted molar refractivity (Wildman–Crippen MR) is 85.3 cm³/mol. The van der Waals surface area contributed by atoms with Gasteiger partial charge in [-0.2, -0.15) is 0 Å². The number of aryl methyl sites for hydroxylation is 1. The van der Waals surface area contributed by atoms with Crippen molar-refractivity contribution in [1.82, 2.24) is 10.2 Å². The second-order valence-electron chi connectivity index (χ2n) is 5.84. The van der Waals surface area contributed by atoms with Gasteiger partial charge in [-0.25, -0.2) is 0 Å². The second-order valence-corrected chi connectivity index (χ2v) is 6.25. The van der Waals surface area contributed by atoms with Crippen LogP contribution in [0.2, 0.25) is 5.02 Å². The number of amides is 1. The van der Waals surface area contributed by atoms with Gasteiger partial charge in [0.1, 0.15) is 5.75 Å². The number of carbonyl (C=O) groups is 1. The van der Waals surface area contributed by atoms with E-state index in [0.29, 0.717) is 41.9 Å². The van der Waals surface area contributed by atoms with Gasteiger partial charge in [-0.05, 0) is 30.5 Å². The summed E-state index contributed by atoms with van der Waals surface area (Å²) in [6.07, 6.45) is 0. The van der Waals surface area contributed by atoms with Gasteiger partial charge in [0.2, 0.25) is 0 Å². The molecule has 1 heterocycles. The zero-order valence-electron chi connectivity index (χ0n) is 12.9. The normalized spacial score (nSPS) is 15.4. The van der Waals surface area contributed by atoms with Crippen molar-refractivity contribution in [2.24, 2.45) is 5.92 Å². The average Bonchev–Trinajstić information content (AvgIpc) is 2.48. The van der Waals surface area contributed by atoms with Gasteiger partial charge in [0.25, 0.3) is 5.91 Å². The molecule has 116 valence electrons. The molecular weight excluding hydrogens is 288 g/mol. The maximum absolute atomic E-state index is 12.7. The van der Waals surface area contributed by atoms with E-state index in [2.05, 4.69) is 19.2 Å². The SMILES string of the molecule is Cc1cc(OCC(C)C)c(C(=O)N2CCNCC2)cc1Cl. The first-order chi connectivity index (χ1) is 9.99. The van der Waals surface area contributed by atoms with E-state index in [4.69, 9.17) is 16.3 Å². The summed E-state index contributed by atoms with van der Waals surface area (Å²) in [6.45, 7) is 9.76. The number of hydrogen-bond donors (Lipinski definition) is 1. The summed E-state index contributed by atoms with van der Waals surface area (Å²) < 4.78 is 5.82. The maximum Gasteiger partial charge on any atom is 0.257 e.